The lowest BCUT2D eigenvalue weighted by molar-refractivity contribution is -0.140. The lowest BCUT2D eigenvalue weighted by Crippen LogP contribution is -2.35. The molecule has 0 bridgehead atoms. The topological polar surface area (TPSA) is 104 Å². The summed E-state index contributed by atoms with van der Waals surface area (Å²) in [4.78, 5) is 48.8. The van der Waals surface area contributed by atoms with E-state index in [4.69, 9.17) is 0 Å². The van der Waals surface area contributed by atoms with Crippen LogP contribution in [0.15, 0.2) is 36.5 Å². The number of halogens is 1. The molecule has 3 heterocycles. The number of hydrogen-bond acceptors (Lipinski definition) is 6. The van der Waals surface area contributed by atoms with E-state index < -0.39 is 17.0 Å². The molecule has 10 heteroatoms. The number of pyridine rings is 1. The Balaban J connectivity index is 1.44. The molecule has 1 saturated carbocycles. The van der Waals surface area contributed by atoms with Crippen LogP contribution < -0.4 is 9.80 Å². The van der Waals surface area contributed by atoms with Crippen molar-refractivity contribution < 1.29 is 23.9 Å². The van der Waals surface area contributed by atoms with Gasteiger partial charge in [-0.3, -0.25) is 24.2 Å². The van der Waals surface area contributed by atoms with E-state index in [2.05, 4.69) is 9.97 Å². The van der Waals surface area contributed by atoms with Crippen LogP contribution in [0.5, 0.6) is 0 Å². The summed E-state index contributed by atoms with van der Waals surface area (Å²) in [6, 6.07) is 9.28. The van der Waals surface area contributed by atoms with E-state index in [0.29, 0.717) is 36.6 Å². The van der Waals surface area contributed by atoms with Gasteiger partial charge in [-0.25, -0.2) is 9.97 Å². The molecule has 1 aliphatic carbocycles. The van der Waals surface area contributed by atoms with Crippen LogP contribution in [0.1, 0.15) is 50.5 Å². The molecule has 2 aliphatic rings. The van der Waals surface area contributed by atoms with Gasteiger partial charge in [-0.1, -0.05) is 61.3 Å². The van der Waals surface area contributed by atoms with Crippen LogP contribution >= 0.6 is 11.3 Å². The average molecular weight is 551 g/mol. The van der Waals surface area contributed by atoms with E-state index in [-0.39, 0.29) is 29.1 Å². The monoisotopic (exact) mass is 550 g/mol. The third kappa shape index (κ3) is 5.56. The Morgan fingerprint density at radius 2 is 1.92 bits per heavy atom. The van der Waals surface area contributed by atoms with E-state index in [1.807, 2.05) is 18.2 Å². The van der Waals surface area contributed by atoms with E-state index >= 15 is 4.39 Å². The van der Waals surface area contributed by atoms with Crippen molar-refractivity contribution >= 4 is 40.1 Å². The average Bonchev–Trinajstić information content (AvgIpc) is 3.58. The van der Waals surface area contributed by atoms with Crippen molar-refractivity contribution in [2.24, 2.45) is 11.8 Å². The number of aryl methyl sites for hydroxylation is 1. The quantitative estimate of drug-likeness (QED) is 0.394. The molecule has 1 aromatic carbocycles. The fourth-order valence-corrected chi connectivity index (χ4v) is 6.48. The summed E-state index contributed by atoms with van der Waals surface area (Å²) in [6.45, 7) is 0. The Bertz CT molecular complexity index is 1420. The number of hydrogen-bond donors (Lipinski definition) is 1. The molecule has 8 nitrogen and oxygen atoms in total. The molecule has 0 saturated heterocycles. The van der Waals surface area contributed by atoms with Crippen molar-refractivity contribution in [1.29, 1.82) is 0 Å². The molecule has 0 unspecified atom stereocenters. The SMILES string of the molecule is CN(C(=O)[C@@H](CC(=O)O)CC1CCCC1)c1nc(-c2ccccc2-c2cnc3c(c2)CCC(=O)N3C)c(F)s1. The molecular formula is C29H31FN4O4S. The highest BCUT2D eigenvalue weighted by Crippen LogP contribution is 2.39. The normalized spacial score (nSPS) is 16.3. The number of aromatic nitrogens is 2. The van der Waals surface area contributed by atoms with E-state index in [9.17, 15) is 19.5 Å². The number of anilines is 2. The molecule has 3 aromatic rings. The van der Waals surface area contributed by atoms with Gasteiger partial charge >= 0.3 is 5.97 Å². The molecule has 1 fully saturated rings. The summed E-state index contributed by atoms with van der Waals surface area (Å²) in [5, 5.41) is 9.09. The van der Waals surface area contributed by atoms with Gasteiger partial charge < -0.3 is 5.11 Å². The fraction of sp³-hybridized carbons (Fsp3) is 0.414. The molecule has 39 heavy (non-hydrogen) atoms. The summed E-state index contributed by atoms with van der Waals surface area (Å²) in [5.41, 5.74) is 3.15. The highest BCUT2D eigenvalue weighted by Gasteiger charge is 2.31. The van der Waals surface area contributed by atoms with Crippen LogP contribution in [0.4, 0.5) is 15.3 Å². The summed E-state index contributed by atoms with van der Waals surface area (Å²) in [6.07, 6.45) is 7.14. The number of carbonyl (C=O) groups is 3. The first-order chi connectivity index (χ1) is 18.7. The lowest BCUT2D eigenvalue weighted by atomic mass is 9.90. The largest absolute Gasteiger partial charge is 0.481 e. The number of benzene rings is 1. The number of carbonyl (C=O) groups excluding carboxylic acids is 2. The number of nitrogens with zero attached hydrogens (tertiary/aromatic N) is 4. The molecule has 1 N–H and O–H groups in total. The van der Waals surface area contributed by atoms with Gasteiger partial charge in [0.2, 0.25) is 16.9 Å². The number of carboxylic acids is 1. The molecule has 5 rings (SSSR count). The number of fused-ring (bicyclic) bond motifs is 1. The molecule has 0 radical (unpaired) electrons. The molecule has 1 atom stereocenters. The Labute approximate surface area is 230 Å². The van der Waals surface area contributed by atoms with Gasteiger partial charge in [-0.05, 0) is 36.0 Å². The molecule has 204 valence electrons. The summed E-state index contributed by atoms with van der Waals surface area (Å²) in [7, 11) is 3.24. The fourth-order valence-electron chi connectivity index (χ4n) is 5.70. The zero-order valence-corrected chi connectivity index (χ0v) is 22.8. The number of carboxylic acid groups (broad SMARTS) is 1. The third-order valence-corrected chi connectivity index (χ3v) is 8.71. The van der Waals surface area contributed by atoms with Gasteiger partial charge in [0.1, 0.15) is 11.5 Å². The molecule has 0 spiro atoms. The Hall–Kier alpha value is -3.66. The second-order valence-corrected chi connectivity index (χ2v) is 11.3. The van der Waals surface area contributed by atoms with Crippen LogP contribution in [-0.2, 0) is 20.8 Å². The summed E-state index contributed by atoms with van der Waals surface area (Å²) < 4.78 is 15.4. The second kappa shape index (κ2) is 11.2. The highest BCUT2D eigenvalue weighted by molar-refractivity contribution is 7.14. The maximum absolute atomic E-state index is 15.4. The Kier molecular flexibility index (Phi) is 7.74. The zero-order chi connectivity index (χ0) is 27.7. The maximum atomic E-state index is 15.4. The number of aliphatic carboxylic acids is 1. The van der Waals surface area contributed by atoms with Crippen molar-refractivity contribution in [1.82, 2.24) is 9.97 Å². The van der Waals surface area contributed by atoms with Crippen molar-refractivity contribution in [2.45, 2.75) is 51.4 Å². The van der Waals surface area contributed by atoms with Crippen LogP contribution in [0, 0.1) is 17.0 Å². The first-order valence-corrected chi connectivity index (χ1v) is 14.1. The first-order valence-electron chi connectivity index (χ1n) is 13.2. The van der Waals surface area contributed by atoms with Gasteiger partial charge in [-0.15, -0.1) is 0 Å². The number of thiazole rings is 1. The van der Waals surface area contributed by atoms with Gasteiger partial charge in [0.25, 0.3) is 0 Å². The maximum Gasteiger partial charge on any atom is 0.304 e. The Morgan fingerprint density at radius 3 is 2.64 bits per heavy atom. The molecule has 2 aromatic heterocycles. The van der Waals surface area contributed by atoms with Crippen molar-refractivity contribution in [3.8, 4) is 22.4 Å². The highest BCUT2D eigenvalue weighted by atomic mass is 32.1. The van der Waals surface area contributed by atoms with Crippen molar-refractivity contribution in [3.63, 3.8) is 0 Å². The molecular weight excluding hydrogens is 519 g/mol. The Morgan fingerprint density at radius 1 is 1.21 bits per heavy atom. The van der Waals surface area contributed by atoms with Crippen LogP contribution in [0.25, 0.3) is 22.4 Å². The summed E-state index contributed by atoms with van der Waals surface area (Å²) >= 11 is 0.772. The predicted octanol–water partition coefficient (Wildman–Crippen LogP) is 5.55. The third-order valence-electron chi connectivity index (χ3n) is 7.79. The second-order valence-electron chi connectivity index (χ2n) is 10.4. The standard InChI is InChI=1S/C29H31FN4O4S/c1-33-23(35)12-11-18-14-20(16-31-27(18)33)21-9-5-6-10-22(21)25-26(30)39-29(32-25)34(2)28(38)19(15-24(36)37)13-17-7-3-4-8-17/h5-6,9-10,14,16-17,19H,3-4,7-8,11-13,15H2,1-2H3,(H,36,37)/t19-/m1/s1. The smallest absolute Gasteiger partial charge is 0.304 e. The first kappa shape index (κ1) is 26.9. The van der Waals surface area contributed by atoms with Crippen LogP contribution in [0.3, 0.4) is 0 Å². The van der Waals surface area contributed by atoms with Crippen molar-refractivity contribution in [2.75, 3.05) is 23.9 Å². The predicted molar refractivity (Wildman–Crippen MR) is 148 cm³/mol. The minimum atomic E-state index is -1.02. The van der Waals surface area contributed by atoms with E-state index in [1.165, 1.54) is 11.9 Å². The van der Waals surface area contributed by atoms with E-state index in [1.54, 1.807) is 30.3 Å². The van der Waals surface area contributed by atoms with Crippen LogP contribution in [0.2, 0.25) is 0 Å². The minimum Gasteiger partial charge on any atom is -0.481 e. The zero-order valence-electron chi connectivity index (χ0n) is 22.0. The van der Waals surface area contributed by atoms with E-state index in [0.717, 1.165) is 53.7 Å². The number of rotatable bonds is 8. The van der Waals surface area contributed by atoms with Gasteiger partial charge in [0, 0.05) is 43.8 Å². The number of amides is 2. The lowest BCUT2D eigenvalue weighted by Gasteiger charge is -2.25. The molecule has 2 amide bonds. The summed E-state index contributed by atoms with van der Waals surface area (Å²) in [5.74, 6) is -1.06. The van der Waals surface area contributed by atoms with Gasteiger partial charge in [0.05, 0.1) is 6.42 Å². The van der Waals surface area contributed by atoms with Gasteiger partial charge in [-0.2, -0.15) is 4.39 Å². The van der Waals surface area contributed by atoms with Crippen LogP contribution in [-0.4, -0.2) is 47.0 Å². The van der Waals surface area contributed by atoms with Gasteiger partial charge in [0.15, 0.2) is 5.13 Å². The van der Waals surface area contributed by atoms with Crippen molar-refractivity contribution in [3.05, 3.63) is 47.2 Å². The molecule has 1 aliphatic heterocycles. The minimum absolute atomic E-state index is 0.0210.